The van der Waals surface area contributed by atoms with Crippen molar-refractivity contribution in [1.82, 2.24) is 5.01 Å². The van der Waals surface area contributed by atoms with Crippen LogP contribution in [0.5, 0.6) is 0 Å². The van der Waals surface area contributed by atoms with Crippen LogP contribution in [0.2, 0.25) is 0 Å². The molecule has 1 aliphatic carbocycles. The fourth-order valence-electron chi connectivity index (χ4n) is 1.84. The highest BCUT2D eigenvalue weighted by molar-refractivity contribution is 5.72. The van der Waals surface area contributed by atoms with Gasteiger partial charge < -0.3 is 5.11 Å². The molecule has 0 heterocycles. The van der Waals surface area contributed by atoms with E-state index >= 15 is 0 Å². The minimum atomic E-state index is -0.905. The fourth-order valence-corrected chi connectivity index (χ4v) is 1.84. The van der Waals surface area contributed by atoms with Gasteiger partial charge in [-0.1, -0.05) is 19.3 Å². The van der Waals surface area contributed by atoms with Crippen LogP contribution in [0.4, 0.5) is 0 Å². The Hall–Kier alpha value is -0.970. The molecule has 14 heavy (non-hydrogen) atoms. The lowest BCUT2D eigenvalue weighted by Gasteiger charge is -2.33. The van der Waals surface area contributed by atoms with Gasteiger partial charge in [-0.3, -0.25) is 4.79 Å². The Labute approximate surface area is 83.0 Å². The second-order valence-electron chi connectivity index (χ2n) is 3.94. The molecule has 0 unspecified atom stereocenters. The molecule has 0 spiro atoms. The number of nitroso groups, excluding NO2 is 1. The number of amides is 1. The number of aliphatic hydroxyl groups is 1. The summed E-state index contributed by atoms with van der Waals surface area (Å²) in [6.07, 6.45) is 4.29. The second-order valence-corrected chi connectivity index (χ2v) is 3.94. The van der Waals surface area contributed by atoms with Gasteiger partial charge in [0.15, 0.2) is 0 Å². The van der Waals surface area contributed by atoms with Crippen molar-refractivity contribution in [1.29, 1.82) is 0 Å². The van der Waals surface area contributed by atoms with Crippen LogP contribution in [-0.4, -0.2) is 28.2 Å². The molecule has 1 N–H and O–H groups in total. The Balaban J connectivity index is 2.55. The standard InChI is InChI=1S/C9H16N2O3/c1-8(12)11(10-14)7-9(13)5-3-2-4-6-9/h13H,2-7H2,1H3. The monoisotopic (exact) mass is 200 g/mol. The SMILES string of the molecule is CC(=O)N(CC1(O)CCCCC1)N=O. The molecule has 1 saturated carbocycles. The predicted molar refractivity (Wildman–Crippen MR) is 51.2 cm³/mol. The molecular weight excluding hydrogens is 184 g/mol. The van der Waals surface area contributed by atoms with Crippen LogP contribution in [0.15, 0.2) is 5.29 Å². The first kappa shape index (κ1) is 11.1. The van der Waals surface area contributed by atoms with E-state index in [1.807, 2.05) is 0 Å². The molecule has 0 aliphatic heterocycles. The van der Waals surface area contributed by atoms with E-state index in [1.165, 1.54) is 6.92 Å². The summed E-state index contributed by atoms with van der Waals surface area (Å²) >= 11 is 0. The molecule has 0 aromatic rings. The zero-order chi connectivity index (χ0) is 10.6. The summed E-state index contributed by atoms with van der Waals surface area (Å²) < 4.78 is 0. The van der Waals surface area contributed by atoms with Crippen LogP contribution in [0.1, 0.15) is 39.0 Å². The molecular formula is C9H16N2O3. The number of carbonyl (C=O) groups excluding carboxylic acids is 1. The maximum absolute atomic E-state index is 10.9. The van der Waals surface area contributed by atoms with Crippen molar-refractivity contribution in [2.45, 2.75) is 44.6 Å². The molecule has 0 saturated heterocycles. The smallest absolute Gasteiger partial charge is 0.242 e. The Morgan fingerprint density at radius 2 is 2.00 bits per heavy atom. The fraction of sp³-hybridized carbons (Fsp3) is 0.889. The summed E-state index contributed by atoms with van der Waals surface area (Å²) in [5.41, 5.74) is -0.905. The summed E-state index contributed by atoms with van der Waals surface area (Å²) in [6, 6.07) is 0. The van der Waals surface area contributed by atoms with E-state index in [1.54, 1.807) is 0 Å². The van der Waals surface area contributed by atoms with Crippen LogP contribution in [0, 0.1) is 4.91 Å². The largest absolute Gasteiger partial charge is 0.388 e. The van der Waals surface area contributed by atoms with Crippen LogP contribution < -0.4 is 0 Å². The summed E-state index contributed by atoms with van der Waals surface area (Å²) in [7, 11) is 0. The minimum Gasteiger partial charge on any atom is -0.388 e. The quantitative estimate of drug-likeness (QED) is 0.550. The molecule has 1 rings (SSSR count). The third-order valence-corrected chi connectivity index (χ3v) is 2.69. The van der Waals surface area contributed by atoms with E-state index in [-0.39, 0.29) is 6.54 Å². The molecule has 0 bridgehead atoms. The van der Waals surface area contributed by atoms with Gasteiger partial charge in [0, 0.05) is 6.92 Å². The summed E-state index contributed by atoms with van der Waals surface area (Å²) in [4.78, 5) is 21.2. The van der Waals surface area contributed by atoms with Gasteiger partial charge >= 0.3 is 0 Å². The Morgan fingerprint density at radius 1 is 1.43 bits per heavy atom. The molecule has 0 aromatic heterocycles. The Morgan fingerprint density at radius 3 is 2.43 bits per heavy atom. The predicted octanol–water partition coefficient (Wildman–Crippen LogP) is 1.21. The van der Waals surface area contributed by atoms with E-state index in [2.05, 4.69) is 5.29 Å². The maximum Gasteiger partial charge on any atom is 0.242 e. The van der Waals surface area contributed by atoms with Gasteiger partial charge in [-0.2, -0.15) is 5.01 Å². The molecule has 0 aromatic carbocycles. The highest BCUT2D eigenvalue weighted by Crippen LogP contribution is 2.28. The van der Waals surface area contributed by atoms with E-state index in [0.717, 1.165) is 24.3 Å². The van der Waals surface area contributed by atoms with Gasteiger partial charge in [-0.05, 0) is 12.8 Å². The van der Waals surface area contributed by atoms with Gasteiger partial charge in [0.2, 0.25) is 5.91 Å². The van der Waals surface area contributed by atoms with E-state index in [0.29, 0.717) is 12.8 Å². The van der Waals surface area contributed by atoms with Crippen molar-refractivity contribution in [2.75, 3.05) is 6.54 Å². The van der Waals surface area contributed by atoms with Crippen molar-refractivity contribution in [3.05, 3.63) is 4.91 Å². The number of rotatable bonds is 3. The third-order valence-electron chi connectivity index (χ3n) is 2.69. The van der Waals surface area contributed by atoms with Crippen molar-refractivity contribution >= 4 is 5.91 Å². The first-order chi connectivity index (χ1) is 6.57. The number of hydrogen-bond donors (Lipinski definition) is 1. The molecule has 5 heteroatoms. The van der Waals surface area contributed by atoms with Gasteiger partial charge in [-0.25, -0.2) is 0 Å². The van der Waals surface area contributed by atoms with Crippen LogP contribution in [-0.2, 0) is 4.79 Å². The molecule has 1 aliphatic rings. The van der Waals surface area contributed by atoms with E-state index < -0.39 is 11.5 Å². The number of carbonyl (C=O) groups is 1. The Bertz CT molecular complexity index is 224. The van der Waals surface area contributed by atoms with Crippen LogP contribution in [0.25, 0.3) is 0 Å². The lowest BCUT2D eigenvalue weighted by Crippen LogP contribution is -2.43. The minimum absolute atomic E-state index is 0.0336. The number of hydrogen-bond acceptors (Lipinski definition) is 4. The molecule has 80 valence electrons. The molecule has 0 radical (unpaired) electrons. The zero-order valence-corrected chi connectivity index (χ0v) is 8.40. The van der Waals surface area contributed by atoms with Crippen molar-refractivity contribution in [2.24, 2.45) is 5.29 Å². The van der Waals surface area contributed by atoms with Gasteiger partial charge in [0.05, 0.1) is 17.4 Å². The molecule has 0 atom stereocenters. The zero-order valence-electron chi connectivity index (χ0n) is 8.40. The van der Waals surface area contributed by atoms with Gasteiger partial charge in [0.1, 0.15) is 0 Å². The second kappa shape index (κ2) is 4.50. The number of nitrogens with zero attached hydrogens (tertiary/aromatic N) is 2. The highest BCUT2D eigenvalue weighted by Gasteiger charge is 2.32. The molecule has 5 nitrogen and oxygen atoms in total. The first-order valence-electron chi connectivity index (χ1n) is 4.91. The third kappa shape index (κ3) is 2.77. The van der Waals surface area contributed by atoms with Crippen molar-refractivity contribution in [3.8, 4) is 0 Å². The molecule has 1 amide bonds. The lowest BCUT2D eigenvalue weighted by atomic mass is 9.85. The lowest BCUT2D eigenvalue weighted by molar-refractivity contribution is -0.133. The summed E-state index contributed by atoms with van der Waals surface area (Å²) in [5.74, 6) is -0.418. The van der Waals surface area contributed by atoms with Crippen molar-refractivity contribution < 1.29 is 9.90 Å². The Kier molecular flexibility index (Phi) is 3.57. The van der Waals surface area contributed by atoms with E-state index in [4.69, 9.17) is 0 Å². The summed E-state index contributed by atoms with van der Waals surface area (Å²) in [6.45, 7) is 1.30. The first-order valence-corrected chi connectivity index (χ1v) is 4.91. The van der Waals surface area contributed by atoms with Crippen LogP contribution in [0.3, 0.4) is 0 Å². The van der Waals surface area contributed by atoms with E-state index in [9.17, 15) is 14.8 Å². The van der Waals surface area contributed by atoms with Crippen molar-refractivity contribution in [3.63, 3.8) is 0 Å². The highest BCUT2D eigenvalue weighted by atomic mass is 16.3. The average Bonchev–Trinajstić information content (AvgIpc) is 2.15. The van der Waals surface area contributed by atoms with Gasteiger partial charge in [-0.15, -0.1) is 4.91 Å². The van der Waals surface area contributed by atoms with Gasteiger partial charge in [0.25, 0.3) is 0 Å². The van der Waals surface area contributed by atoms with Crippen LogP contribution >= 0.6 is 0 Å². The normalized spacial score (nSPS) is 20.1. The average molecular weight is 200 g/mol. The maximum atomic E-state index is 10.9. The molecule has 1 fully saturated rings. The summed E-state index contributed by atoms with van der Waals surface area (Å²) in [5, 5.41) is 13.4. The topological polar surface area (TPSA) is 70.0 Å².